The fraction of sp³-hybridized carbons (Fsp3) is 0.259. The lowest BCUT2D eigenvalue weighted by molar-refractivity contribution is -0.385. The number of nitrogens with one attached hydrogen (secondary N) is 3. The van der Waals surface area contributed by atoms with Gasteiger partial charge in [-0.3, -0.25) is 54.8 Å². The van der Waals surface area contributed by atoms with Crippen LogP contribution in [-0.2, 0) is 4.57 Å². The number of hydrogen-bond donors (Lipinski definition) is 5. The number of para-hydroxylation sites is 2. The van der Waals surface area contributed by atoms with Crippen molar-refractivity contribution in [3.8, 4) is 11.5 Å². The molecular weight excluding hydrogens is 1360 g/mol. The van der Waals surface area contributed by atoms with E-state index >= 15 is 0 Å². The van der Waals surface area contributed by atoms with E-state index in [0.29, 0.717) is 39.5 Å². The molecule has 11 rings (SSSR count). The van der Waals surface area contributed by atoms with Gasteiger partial charge in [-0.2, -0.15) is 4.98 Å². The number of aromatic carboxylic acids is 1. The van der Waals surface area contributed by atoms with Crippen LogP contribution in [0, 0.1) is 40.5 Å². The van der Waals surface area contributed by atoms with Gasteiger partial charge < -0.3 is 35.5 Å². The summed E-state index contributed by atoms with van der Waals surface area (Å²) in [5.41, 5.74) is 7.18. The first kappa shape index (κ1) is 78.4. The highest BCUT2D eigenvalue weighted by Crippen LogP contribution is 2.61. The summed E-state index contributed by atoms with van der Waals surface area (Å²) in [6.07, 6.45) is 4.30. The van der Waals surface area contributed by atoms with Gasteiger partial charge in [0.1, 0.15) is 22.5 Å². The van der Waals surface area contributed by atoms with Crippen molar-refractivity contribution in [2.24, 2.45) is 0 Å². The minimum absolute atomic E-state index is 0. The Morgan fingerprint density at radius 1 is 0.602 bits per heavy atom. The highest BCUT2D eigenvalue weighted by atomic mass is 36.0. The molecule has 2 fully saturated rings. The number of carboxylic acid groups (broad SMARTS) is 1. The van der Waals surface area contributed by atoms with Crippen molar-refractivity contribution in [3.63, 3.8) is 0 Å². The van der Waals surface area contributed by atoms with Gasteiger partial charge in [-0.05, 0) is 155 Å². The third-order valence-electron chi connectivity index (χ3n) is 13.4. The van der Waals surface area contributed by atoms with Crippen LogP contribution >= 0.6 is 73.7 Å². The minimum Gasteiger partial charge on any atom is -0.496 e. The molecule has 5 heterocycles. The first-order chi connectivity index (χ1) is 42.6. The van der Waals surface area contributed by atoms with Crippen LogP contribution in [0.4, 0.5) is 34.3 Å². The topological polar surface area (TPSA) is 404 Å². The number of carbonyl (C=O) groups is 1. The molecule has 0 unspecified atom stereocenters. The number of hydrogen-bond acceptors (Lipinski definition) is 21. The number of nitrogen functional groups attached to an aromatic ring is 1. The summed E-state index contributed by atoms with van der Waals surface area (Å²) < 4.78 is 20.4. The Balaban J connectivity index is 0.000000305. The molecule has 0 bridgehead atoms. The maximum atomic E-state index is 11.3. The number of benzene rings is 6. The number of carboxylic acids is 1. The number of ether oxygens (including phenoxy) is 2. The molecular formula is C58H62Cl6N13O15P. The standard InChI is InChI=1S/C20H19ClN4O3.C12H17NO.C8H3Cl2N3O2.C8H5N3O4.C7H6N2O4.3CH4.Cl3OP/c1-28-18-5-3-2-4-15(18)13-8-10-24(11-9-13)19-16-12-14(25(26)27)6-7-17(16)22-20(21)23-19;1-14-12-5-3-2-4-11(12)10-6-8-13-9-7-10;9-7-5-3-4(13(14)15)1-2-6(5)11-8(10)12-7;12-7-5-3-4(11(14)15)1-2-6(5)9-8(13)10-7;8-6-2-1-4(9(12)13)3-5(6)7(10)11;;;;1-5(2,3)4/h2-7,12-13H,8-11H2,1H3;2-5,10,13H,6-9H2,1H3;1-3H;1-3H,(H2,9,10,12,13);1-3H,8H2,(H,10,11);3*1H4;. The molecule has 2 aliphatic rings. The predicted octanol–water partition coefficient (Wildman–Crippen LogP) is 15.3. The van der Waals surface area contributed by atoms with Crippen molar-refractivity contribution in [1.82, 2.24) is 35.2 Å². The number of rotatable bonds is 10. The fourth-order valence-corrected chi connectivity index (χ4v) is 9.87. The van der Waals surface area contributed by atoms with E-state index in [1.54, 1.807) is 20.3 Å². The number of fused-ring (bicyclic) bond motifs is 3. The zero-order valence-electron chi connectivity index (χ0n) is 46.8. The average Bonchev–Trinajstić information content (AvgIpc) is 2.91. The number of nitrogens with zero attached hydrogens (tertiary/aromatic N) is 9. The molecule has 2 aliphatic heterocycles. The number of nitro groups is 4. The number of methoxy groups -OCH3 is 2. The first-order valence-electron chi connectivity index (χ1n) is 26.1. The molecule has 3 aromatic heterocycles. The summed E-state index contributed by atoms with van der Waals surface area (Å²) in [6.45, 7) is 3.80. The molecule has 0 saturated carbocycles. The molecule has 0 spiro atoms. The van der Waals surface area contributed by atoms with Crippen LogP contribution in [0.2, 0.25) is 15.7 Å². The Labute approximate surface area is 559 Å². The number of anilines is 2. The van der Waals surface area contributed by atoms with Gasteiger partial charge in [-0.25, -0.2) is 24.5 Å². The molecule has 6 N–H and O–H groups in total. The zero-order valence-corrected chi connectivity index (χ0v) is 52.3. The maximum absolute atomic E-state index is 11.3. The molecule has 0 amide bonds. The number of halogens is 6. The summed E-state index contributed by atoms with van der Waals surface area (Å²) in [5, 5.41) is 52.5. The minimum atomic E-state index is -3.22. The largest absolute Gasteiger partial charge is 0.496 e. The maximum Gasteiger partial charge on any atom is 0.339 e. The number of nitro benzene ring substituents is 4. The van der Waals surface area contributed by atoms with Crippen LogP contribution in [0.15, 0.2) is 131 Å². The highest BCUT2D eigenvalue weighted by Gasteiger charge is 2.26. The van der Waals surface area contributed by atoms with E-state index < -0.39 is 42.1 Å². The van der Waals surface area contributed by atoms with E-state index in [4.69, 9.17) is 55.1 Å². The molecule has 6 aromatic carbocycles. The third-order valence-corrected chi connectivity index (χ3v) is 14.0. The Bertz CT molecular complexity index is 4280. The van der Waals surface area contributed by atoms with Gasteiger partial charge in [0.2, 0.25) is 10.6 Å². The van der Waals surface area contributed by atoms with Gasteiger partial charge in [0.25, 0.3) is 28.3 Å². The van der Waals surface area contributed by atoms with Crippen LogP contribution < -0.4 is 36.7 Å². The molecule has 496 valence electrons. The number of H-pyrrole nitrogens is 2. The SMILES string of the molecule is C.C.C.COc1ccccc1C1CCN(c2nc(Cl)nc3ccc([N+](=O)[O-])cc23)CC1.COc1ccccc1C1CCNCC1.Nc1ccc([N+](=O)[O-])cc1C(=O)O.O=P(Cl)(Cl)Cl.O=[N+]([O-])c1ccc2nc(Cl)nc(Cl)c2c1.O=c1[nH]c(=O)c2cc([N+](=O)[O-])ccc2[nH]1. The van der Waals surface area contributed by atoms with Crippen molar-refractivity contribution in [3.05, 3.63) is 215 Å². The van der Waals surface area contributed by atoms with E-state index in [-0.39, 0.29) is 82.9 Å². The van der Waals surface area contributed by atoms with Crippen LogP contribution in [-0.4, -0.2) is 101 Å². The van der Waals surface area contributed by atoms with Crippen molar-refractivity contribution in [2.75, 3.05) is 51.0 Å². The predicted molar refractivity (Wildman–Crippen MR) is 364 cm³/mol. The molecule has 0 atom stereocenters. The van der Waals surface area contributed by atoms with Crippen LogP contribution in [0.3, 0.4) is 0 Å². The quantitative estimate of drug-likeness (QED) is 0.0212. The van der Waals surface area contributed by atoms with Gasteiger partial charge in [0, 0.05) is 78.1 Å². The smallest absolute Gasteiger partial charge is 0.339 e. The van der Waals surface area contributed by atoms with E-state index in [1.807, 2.05) is 29.2 Å². The number of aromatic nitrogens is 6. The molecule has 28 nitrogen and oxygen atoms in total. The number of piperidine rings is 2. The van der Waals surface area contributed by atoms with Gasteiger partial charge in [0.05, 0.1) is 61.4 Å². The Kier molecular flexibility index (Phi) is 30.7. The lowest BCUT2D eigenvalue weighted by Gasteiger charge is -2.34. The van der Waals surface area contributed by atoms with E-state index in [1.165, 1.54) is 72.5 Å². The number of aromatic amines is 2. The average molecular weight is 1420 g/mol. The molecule has 2 saturated heterocycles. The lowest BCUT2D eigenvalue weighted by Crippen LogP contribution is -2.33. The van der Waals surface area contributed by atoms with E-state index in [0.717, 1.165) is 68.7 Å². The van der Waals surface area contributed by atoms with E-state index in [9.17, 15) is 59.4 Å². The number of non-ortho nitro benzene ring substituents is 4. The van der Waals surface area contributed by atoms with Crippen LogP contribution in [0.25, 0.3) is 32.7 Å². The molecule has 9 aromatic rings. The van der Waals surface area contributed by atoms with Gasteiger partial charge in [0.15, 0.2) is 0 Å². The Morgan fingerprint density at radius 3 is 1.51 bits per heavy atom. The Morgan fingerprint density at radius 2 is 1.02 bits per heavy atom. The van der Waals surface area contributed by atoms with Gasteiger partial charge in [-0.1, -0.05) is 70.3 Å². The van der Waals surface area contributed by atoms with Gasteiger partial charge >= 0.3 is 16.9 Å². The molecule has 35 heteroatoms. The normalized spacial score (nSPS) is 12.6. The monoisotopic (exact) mass is 1420 g/mol. The summed E-state index contributed by atoms with van der Waals surface area (Å²) in [6, 6.07) is 32.1. The second kappa shape index (κ2) is 36.4. The van der Waals surface area contributed by atoms with Crippen molar-refractivity contribution in [1.29, 1.82) is 0 Å². The molecule has 93 heavy (non-hydrogen) atoms. The molecule has 0 radical (unpaired) electrons. The van der Waals surface area contributed by atoms with Crippen molar-refractivity contribution >= 4 is 147 Å². The summed E-state index contributed by atoms with van der Waals surface area (Å²) in [7, 11) is 3.44. The summed E-state index contributed by atoms with van der Waals surface area (Å²) in [4.78, 5) is 95.5. The van der Waals surface area contributed by atoms with Crippen molar-refractivity contribution < 1.29 is 43.6 Å². The summed E-state index contributed by atoms with van der Waals surface area (Å²) in [5.74, 6) is 2.39. The second-order valence-corrected chi connectivity index (χ2v) is 26.6. The van der Waals surface area contributed by atoms with E-state index in [2.05, 4.69) is 93.1 Å². The lowest BCUT2D eigenvalue weighted by atomic mass is 9.88. The molecule has 0 aliphatic carbocycles. The first-order valence-corrected chi connectivity index (χ1v) is 31.7. The van der Waals surface area contributed by atoms with Crippen molar-refractivity contribution in [2.45, 2.75) is 59.8 Å². The third kappa shape index (κ3) is 22.7. The fourth-order valence-electron chi connectivity index (χ4n) is 9.25. The Hall–Kier alpha value is -8.86. The van der Waals surface area contributed by atoms with Crippen LogP contribution in [0.1, 0.15) is 81.3 Å². The summed E-state index contributed by atoms with van der Waals surface area (Å²) >= 11 is 31.3. The van der Waals surface area contributed by atoms with Crippen LogP contribution in [0.5, 0.6) is 11.5 Å². The zero-order chi connectivity index (χ0) is 66.0. The highest BCUT2D eigenvalue weighted by molar-refractivity contribution is 8.24. The second-order valence-electron chi connectivity index (χ2n) is 18.9. The van der Waals surface area contributed by atoms with Gasteiger partial charge in [-0.15, -0.1) is 0 Å². The number of nitrogens with two attached hydrogens (primary N) is 1.